The van der Waals surface area contributed by atoms with Gasteiger partial charge in [0.05, 0.1) is 18.2 Å². The minimum Gasteiger partial charge on any atom is -0.382 e. The first-order valence-electron chi connectivity index (χ1n) is 10.9. The minimum atomic E-state index is -4.19. The summed E-state index contributed by atoms with van der Waals surface area (Å²) in [5, 5.41) is 12.8. The molecule has 1 aliphatic heterocycles. The van der Waals surface area contributed by atoms with Gasteiger partial charge in [-0.25, -0.2) is 0 Å². The second kappa shape index (κ2) is 11.2. The molecule has 2 aromatic rings. The Balaban J connectivity index is 1.37. The molecule has 2 aliphatic rings. The first-order chi connectivity index (χ1) is 17.2. The Morgan fingerprint density at radius 2 is 1.75 bits per heavy atom. The molecule has 0 radical (unpaired) electrons. The first-order valence-corrected chi connectivity index (χ1v) is 14.8. The Labute approximate surface area is 214 Å². The quantitative estimate of drug-likeness (QED) is 0.343. The van der Waals surface area contributed by atoms with E-state index in [-0.39, 0.29) is 16.4 Å². The molecule has 0 N–H and O–H groups in total. The highest BCUT2D eigenvalue weighted by molar-refractivity contribution is 8.04. The number of hydrogen-bond donors (Lipinski definition) is 0. The van der Waals surface area contributed by atoms with E-state index >= 15 is 0 Å². The molecule has 1 heterocycles. The third-order valence-electron chi connectivity index (χ3n) is 5.28. The predicted octanol–water partition coefficient (Wildman–Crippen LogP) is 4.85. The van der Waals surface area contributed by atoms with Crippen molar-refractivity contribution >= 4 is 37.7 Å². The second-order valence-corrected chi connectivity index (χ2v) is 12.2. The molecule has 0 bridgehead atoms. The second-order valence-electron chi connectivity index (χ2n) is 8.04. The largest absolute Gasteiger partial charge is 0.382 e. The van der Waals surface area contributed by atoms with Gasteiger partial charge >= 0.3 is 20.2 Å². The topological polar surface area (TPSA) is 123 Å². The van der Waals surface area contributed by atoms with Crippen molar-refractivity contribution in [3.8, 4) is 11.8 Å². The van der Waals surface area contributed by atoms with Crippen molar-refractivity contribution in [3.05, 3.63) is 94.4 Å². The van der Waals surface area contributed by atoms with E-state index in [0.29, 0.717) is 36.3 Å². The van der Waals surface area contributed by atoms with Gasteiger partial charge in [-0.15, -0.1) is 11.8 Å². The molecule has 11 heteroatoms. The maximum Gasteiger partial charge on any atom is 0.358 e. The number of benzene rings is 2. The summed E-state index contributed by atoms with van der Waals surface area (Å²) in [4.78, 5) is 0.901. The third-order valence-corrected chi connectivity index (χ3v) is 8.76. The highest BCUT2D eigenvalue weighted by Gasteiger charge is 2.23. The zero-order valence-corrected chi connectivity index (χ0v) is 21.5. The number of nitrogens with zero attached hydrogens (tertiary/aromatic N) is 2. The zero-order chi connectivity index (χ0) is 25.6. The lowest BCUT2D eigenvalue weighted by molar-refractivity contribution is 0.338. The fourth-order valence-corrected chi connectivity index (χ4v) is 6.47. The average molecular weight is 543 g/mol. The van der Waals surface area contributed by atoms with Gasteiger partial charge in [0.2, 0.25) is 0 Å². The lowest BCUT2D eigenvalue weighted by atomic mass is 9.97. The van der Waals surface area contributed by atoms with Crippen LogP contribution in [0.3, 0.4) is 0 Å². The summed E-state index contributed by atoms with van der Waals surface area (Å²) in [6.07, 6.45) is 7.38. The van der Waals surface area contributed by atoms with E-state index in [1.54, 1.807) is 42.1 Å². The van der Waals surface area contributed by atoms with Crippen LogP contribution in [0.2, 0.25) is 0 Å². The van der Waals surface area contributed by atoms with Gasteiger partial charge < -0.3 is 4.18 Å². The Bertz CT molecular complexity index is 1500. The van der Waals surface area contributed by atoms with Gasteiger partial charge in [0.15, 0.2) is 0 Å². The molecule has 1 saturated heterocycles. The summed E-state index contributed by atoms with van der Waals surface area (Å²) >= 11 is 1.57. The van der Waals surface area contributed by atoms with Crippen LogP contribution in [0.25, 0.3) is 0 Å². The van der Waals surface area contributed by atoms with E-state index in [4.69, 9.17) is 13.7 Å². The fraction of sp³-hybridized carbons (Fsp3) is 0.200. The van der Waals surface area contributed by atoms with Crippen molar-refractivity contribution in [1.82, 2.24) is 0 Å². The normalized spacial score (nSPS) is 19.1. The Kier molecular flexibility index (Phi) is 7.98. The van der Waals surface area contributed by atoms with Crippen molar-refractivity contribution in [2.45, 2.75) is 29.9 Å². The van der Waals surface area contributed by atoms with E-state index in [9.17, 15) is 16.8 Å². The number of rotatable bonds is 8. The van der Waals surface area contributed by atoms with Crippen LogP contribution in [0.15, 0.2) is 98.9 Å². The van der Waals surface area contributed by atoms with Gasteiger partial charge in [0.25, 0.3) is 0 Å². The molecule has 8 nitrogen and oxygen atoms in total. The molecule has 4 rings (SSSR count). The molecule has 0 saturated carbocycles. The van der Waals surface area contributed by atoms with Gasteiger partial charge in [-0.05, 0) is 46.7 Å². The van der Waals surface area contributed by atoms with Crippen molar-refractivity contribution in [1.29, 1.82) is 5.26 Å². The van der Waals surface area contributed by atoms with Crippen LogP contribution < -0.4 is 4.18 Å². The first kappa shape index (κ1) is 25.8. The number of hydrogen-bond acceptors (Lipinski definition) is 9. The monoisotopic (exact) mass is 542 g/mol. The Morgan fingerprint density at radius 3 is 2.47 bits per heavy atom. The molecular formula is C25H22N2O6S3. The molecule has 0 atom stereocenters. The fourth-order valence-electron chi connectivity index (χ4n) is 3.56. The molecule has 0 spiro atoms. The SMILES string of the molecule is N#CCC1=CC=CC(=C2CC(=NOS(=O)(=O)c3ccc(OS(=O)(=O)Cc4ccccc4)cc3)CS2)C1. The summed E-state index contributed by atoms with van der Waals surface area (Å²) in [5.41, 5.74) is 3.29. The molecule has 1 aliphatic carbocycles. The van der Waals surface area contributed by atoms with Gasteiger partial charge in [-0.3, -0.25) is 4.28 Å². The minimum absolute atomic E-state index is 0.00925. The van der Waals surface area contributed by atoms with Crippen LogP contribution in [0.1, 0.15) is 24.8 Å². The summed E-state index contributed by atoms with van der Waals surface area (Å²) in [5.74, 6) is 0.187. The van der Waals surface area contributed by atoms with Crippen LogP contribution in [-0.2, 0) is 30.3 Å². The number of thioether (sulfide) groups is 1. The molecule has 186 valence electrons. The van der Waals surface area contributed by atoms with Crippen LogP contribution in [0.5, 0.6) is 5.75 Å². The molecule has 0 aromatic heterocycles. The molecule has 0 unspecified atom stereocenters. The maximum absolute atomic E-state index is 12.6. The summed E-state index contributed by atoms with van der Waals surface area (Å²) in [7, 11) is -8.10. The van der Waals surface area contributed by atoms with Crippen molar-refractivity contribution < 1.29 is 25.3 Å². The molecular weight excluding hydrogens is 520 g/mol. The standard InChI is InChI=1S/C25H22N2O6S3/c26-14-13-19-7-4-8-21(15-19)25-16-22(17-34-25)27-33-36(30,31)24-11-9-23(10-12-24)32-35(28,29)18-20-5-2-1-3-6-20/h1-12H,13,15-18H2. The van der Waals surface area contributed by atoms with E-state index in [1.165, 1.54) is 24.3 Å². The summed E-state index contributed by atoms with van der Waals surface area (Å²) < 4.78 is 59.7. The van der Waals surface area contributed by atoms with Crippen LogP contribution in [-0.4, -0.2) is 28.3 Å². The van der Waals surface area contributed by atoms with Gasteiger partial charge in [-0.2, -0.15) is 22.1 Å². The van der Waals surface area contributed by atoms with E-state index in [0.717, 1.165) is 16.1 Å². The van der Waals surface area contributed by atoms with Crippen LogP contribution >= 0.6 is 11.8 Å². The lowest BCUT2D eigenvalue weighted by Gasteiger charge is -2.11. The van der Waals surface area contributed by atoms with E-state index in [1.807, 2.05) is 18.2 Å². The molecule has 1 fully saturated rings. The smallest absolute Gasteiger partial charge is 0.358 e. The van der Waals surface area contributed by atoms with Gasteiger partial charge in [-0.1, -0.05) is 59.3 Å². The van der Waals surface area contributed by atoms with Crippen LogP contribution in [0, 0.1) is 11.3 Å². The maximum atomic E-state index is 12.6. The highest BCUT2D eigenvalue weighted by Crippen LogP contribution is 2.36. The van der Waals surface area contributed by atoms with E-state index in [2.05, 4.69) is 11.2 Å². The number of allylic oxidation sites excluding steroid dienone is 6. The Hall–Kier alpha value is -3.33. The van der Waals surface area contributed by atoms with Crippen molar-refractivity contribution in [3.63, 3.8) is 0 Å². The molecule has 36 heavy (non-hydrogen) atoms. The summed E-state index contributed by atoms with van der Waals surface area (Å²) in [6, 6.07) is 15.7. The lowest BCUT2D eigenvalue weighted by Crippen LogP contribution is -2.12. The van der Waals surface area contributed by atoms with Crippen molar-refractivity contribution in [2.24, 2.45) is 5.16 Å². The van der Waals surface area contributed by atoms with Crippen molar-refractivity contribution in [2.75, 3.05) is 5.75 Å². The van der Waals surface area contributed by atoms with Gasteiger partial charge in [0, 0.05) is 12.2 Å². The number of oxime groups is 1. The Morgan fingerprint density at radius 1 is 1.00 bits per heavy atom. The zero-order valence-electron chi connectivity index (χ0n) is 19.0. The number of nitriles is 1. The predicted molar refractivity (Wildman–Crippen MR) is 138 cm³/mol. The third kappa shape index (κ3) is 6.87. The average Bonchev–Trinajstić information content (AvgIpc) is 3.33. The molecule has 2 aromatic carbocycles. The molecule has 0 amide bonds. The van der Waals surface area contributed by atoms with Gasteiger partial charge in [0.1, 0.15) is 16.4 Å². The highest BCUT2D eigenvalue weighted by atomic mass is 32.2. The van der Waals surface area contributed by atoms with E-state index < -0.39 is 20.2 Å². The summed E-state index contributed by atoms with van der Waals surface area (Å²) in [6.45, 7) is 0. The van der Waals surface area contributed by atoms with Crippen LogP contribution in [0.4, 0.5) is 0 Å².